The first-order valence-electron chi connectivity index (χ1n) is 8.78. The van der Waals surface area contributed by atoms with E-state index in [9.17, 15) is 4.79 Å². The Morgan fingerprint density at radius 2 is 2.19 bits per heavy atom. The number of amides is 1. The molecule has 0 radical (unpaired) electrons. The third kappa shape index (κ3) is 3.30. The van der Waals surface area contributed by atoms with Gasteiger partial charge >= 0.3 is 0 Å². The Kier molecular flexibility index (Phi) is 4.85. The summed E-state index contributed by atoms with van der Waals surface area (Å²) >= 11 is 1.40. The number of fused-ring (bicyclic) bond motifs is 1. The number of para-hydroxylation sites is 1. The van der Waals surface area contributed by atoms with Crippen LogP contribution in [0.2, 0.25) is 0 Å². The average Bonchev–Trinajstić information content (AvgIpc) is 3.38. The first-order valence-corrected chi connectivity index (χ1v) is 9.77. The van der Waals surface area contributed by atoms with Crippen LogP contribution >= 0.6 is 11.8 Å². The van der Waals surface area contributed by atoms with Crippen molar-refractivity contribution in [3.63, 3.8) is 0 Å². The Bertz CT molecular complexity index is 992. The molecule has 3 aromatic rings. The molecule has 1 aliphatic rings. The first-order chi connectivity index (χ1) is 13.2. The highest BCUT2D eigenvalue weighted by atomic mass is 32.2. The average molecular weight is 380 g/mol. The highest BCUT2D eigenvalue weighted by molar-refractivity contribution is 7.99. The van der Waals surface area contributed by atoms with E-state index in [1.165, 1.54) is 17.3 Å². The van der Waals surface area contributed by atoms with E-state index in [0.29, 0.717) is 17.5 Å². The molecule has 1 amide bonds. The van der Waals surface area contributed by atoms with E-state index < -0.39 is 0 Å². The molecule has 3 heterocycles. The number of aromatic nitrogens is 3. The Hall–Kier alpha value is -2.80. The van der Waals surface area contributed by atoms with Gasteiger partial charge in [0.15, 0.2) is 11.0 Å². The molecule has 4 rings (SSSR count). The summed E-state index contributed by atoms with van der Waals surface area (Å²) in [5, 5.41) is 9.30. The van der Waals surface area contributed by atoms with Gasteiger partial charge in [-0.25, -0.2) is 0 Å². The molecule has 7 heteroatoms. The molecule has 6 nitrogen and oxygen atoms in total. The molecular formula is C20H20N4O2S. The summed E-state index contributed by atoms with van der Waals surface area (Å²) in [4.78, 5) is 14.6. The van der Waals surface area contributed by atoms with Gasteiger partial charge < -0.3 is 9.32 Å². The molecule has 0 saturated heterocycles. The second-order valence-corrected chi connectivity index (χ2v) is 7.25. The van der Waals surface area contributed by atoms with E-state index in [4.69, 9.17) is 4.42 Å². The number of hydrogen-bond donors (Lipinski definition) is 0. The monoisotopic (exact) mass is 380 g/mol. The van der Waals surface area contributed by atoms with E-state index in [-0.39, 0.29) is 5.91 Å². The lowest BCUT2D eigenvalue weighted by molar-refractivity contribution is -0.116. The molecule has 1 aliphatic heterocycles. The quantitative estimate of drug-likeness (QED) is 0.482. The van der Waals surface area contributed by atoms with Crippen molar-refractivity contribution >= 4 is 23.4 Å². The third-order valence-corrected chi connectivity index (χ3v) is 5.59. The van der Waals surface area contributed by atoms with E-state index in [1.54, 1.807) is 12.3 Å². The van der Waals surface area contributed by atoms with Crippen molar-refractivity contribution in [3.8, 4) is 11.4 Å². The zero-order valence-corrected chi connectivity index (χ0v) is 15.9. The summed E-state index contributed by atoms with van der Waals surface area (Å²) < 4.78 is 7.34. The lowest BCUT2D eigenvalue weighted by Gasteiger charge is -2.17. The second-order valence-electron chi connectivity index (χ2n) is 6.31. The number of furan rings is 1. The van der Waals surface area contributed by atoms with Gasteiger partial charge in [0.2, 0.25) is 5.91 Å². The molecular weight excluding hydrogens is 360 g/mol. The van der Waals surface area contributed by atoms with E-state index >= 15 is 0 Å². The normalized spacial score (nSPS) is 13.0. The predicted molar refractivity (Wildman–Crippen MR) is 106 cm³/mol. The van der Waals surface area contributed by atoms with E-state index in [2.05, 4.69) is 22.8 Å². The van der Waals surface area contributed by atoms with Gasteiger partial charge in [0.1, 0.15) is 5.76 Å². The number of benzene rings is 1. The van der Waals surface area contributed by atoms with Gasteiger partial charge in [-0.2, -0.15) is 0 Å². The van der Waals surface area contributed by atoms with Gasteiger partial charge in [-0.15, -0.1) is 16.8 Å². The van der Waals surface area contributed by atoms with Crippen molar-refractivity contribution in [1.82, 2.24) is 14.8 Å². The fourth-order valence-corrected chi connectivity index (χ4v) is 4.13. The topological polar surface area (TPSA) is 64.2 Å². The maximum absolute atomic E-state index is 12.8. The van der Waals surface area contributed by atoms with Gasteiger partial charge in [-0.3, -0.25) is 9.36 Å². The molecule has 2 aromatic heterocycles. The van der Waals surface area contributed by atoms with Crippen LogP contribution in [0.1, 0.15) is 11.3 Å². The summed E-state index contributed by atoms with van der Waals surface area (Å²) in [6.07, 6.45) is 4.34. The SMILES string of the molecule is C=CCn1c(SCC(=O)N2CCc3ccccc32)nnc1-c1ccoc1C. The lowest BCUT2D eigenvalue weighted by atomic mass is 10.2. The number of allylic oxidation sites excluding steroid dienone is 1. The summed E-state index contributed by atoms with van der Waals surface area (Å²) in [5.74, 6) is 1.91. The van der Waals surface area contributed by atoms with Crippen LogP contribution in [0.25, 0.3) is 11.4 Å². The molecule has 0 N–H and O–H groups in total. The van der Waals surface area contributed by atoms with Crippen LogP contribution in [0.5, 0.6) is 0 Å². The second kappa shape index (κ2) is 7.44. The molecule has 138 valence electrons. The van der Waals surface area contributed by atoms with Gasteiger partial charge in [-0.1, -0.05) is 36.0 Å². The van der Waals surface area contributed by atoms with Gasteiger partial charge in [0, 0.05) is 18.8 Å². The molecule has 0 spiro atoms. The number of nitrogens with zero attached hydrogens (tertiary/aromatic N) is 4. The Morgan fingerprint density at radius 3 is 2.96 bits per heavy atom. The van der Waals surface area contributed by atoms with E-state index in [1.807, 2.05) is 40.7 Å². The summed E-state index contributed by atoms with van der Waals surface area (Å²) in [7, 11) is 0. The summed E-state index contributed by atoms with van der Waals surface area (Å²) in [6.45, 7) is 7.01. The third-order valence-electron chi connectivity index (χ3n) is 4.64. The van der Waals surface area contributed by atoms with Gasteiger partial charge in [-0.05, 0) is 31.0 Å². The molecule has 1 aromatic carbocycles. The highest BCUT2D eigenvalue weighted by Crippen LogP contribution is 2.30. The number of rotatable bonds is 6. The Balaban J connectivity index is 1.52. The van der Waals surface area contributed by atoms with Crippen molar-refractivity contribution in [3.05, 3.63) is 60.6 Å². The van der Waals surface area contributed by atoms with Crippen LogP contribution < -0.4 is 4.90 Å². The minimum atomic E-state index is 0.0825. The van der Waals surface area contributed by atoms with E-state index in [0.717, 1.165) is 35.8 Å². The van der Waals surface area contributed by atoms with Crippen LogP contribution in [0, 0.1) is 6.92 Å². The van der Waals surface area contributed by atoms with Crippen LogP contribution in [-0.2, 0) is 17.8 Å². The standard InChI is InChI=1S/C20H20N4O2S/c1-3-10-24-19(16-9-12-26-14(16)2)21-22-20(24)27-13-18(25)23-11-8-15-6-4-5-7-17(15)23/h3-7,9,12H,1,8,10-11,13H2,2H3. The molecule has 0 saturated carbocycles. The number of hydrogen-bond acceptors (Lipinski definition) is 5. The minimum Gasteiger partial charge on any atom is -0.469 e. The number of anilines is 1. The molecule has 0 bridgehead atoms. The van der Waals surface area contributed by atoms with Crippen molar-refractivity contribution < 1.29 is 9.21 Å². The Morgan fingerprint density at radius 1 is 1.33 bits per heavy atom. The maximum Gasteiger partial charge on any atom is 0.237 e. The molecule has 0 aliphatic carbocycles. The Labute approximate surface area is 161 Å². The van der Waals surface area contributed by atoms with Crippen LogP contribution in [0.15, 0.2) is 58.8 Å². The molecule has 27 heavy (non-hydrogen) atoms. The van der Waals surface area contributed by atoms with Crippen LogP contribution in [-0.4, -0.2) is 33.0 Å². The van der Waals surface area contributed by atoms with Gasteiger partial charge in [0.25, 0.3) is 0 Å². The lowest BCUT2D eigenvalue weighted by Crippen LogP contribution is -2.30. The highest BCUT2D eigenvalue weighted by Gasteiger charge is 2.25. The van der Waals surface area contributed by atoms with Crippen LogP contribution in [0.3, 0.4) is 0 Å². The van der Waals surface area contributed by atoms with Gasteiger partial charge in [0.05, 0.1) is 17.6 Å². The number of aryl methyl sites for hydroxylation is 1. The van der Waals surface area contributed by atoms with Crippen molar-refractivity contribution in [2.45, 2.75) is 25.0 Å². The predicted octanol–water partition coefficient (Wildman–Crippen LogP) is 3.71. The van der Waals surface area contributed by atoms with Crippen molar-refractivity contribution in [2.75, 3.05) is 17.2 Å². The largest absolute Gasteiger partial charge is 0.469 e. The smallest absolute Gasteiger partial charge is 0.237 e. The zero-order chi connectivity index (χ0) is 18.8. The van der Waals surface area contributed by atoms with Crippen molar-refractivity contribution in [2.24, 2.45) is 0 Å². The fourth-order valence-electron chi connectivity index (χ4n) is 3.31. The first kappa shape index (κ1) is 17.6. The van der Waals surface area contributed by atoms with Crippen LogP contribution in [0.4, 0.5) is 5.69 Å². The van der Waals surface area contributed by atoms with Crippen molar-refractivity contribution in [1.29, 1.82) is 0 Å². The molecule has 0 fully saturated rings. The molecule has 0 atom stereocenters. The number of carbonyl (C=O) groups excluding carboxylic acids is 1. The molecule has 0 unspecified atom stereocenters. The number of thioether (sulfide) groups is 1. The fraction of sp³-hybridized carbons (Fsp3) is 0.250. The summed E-state index contributed by atoms with van der Waals surface area (Å²) in [6, 6.07) is 9.94. The number of carbonyl (C=O) groups is 1. The maximum atomic E-state index is 12.8. The summed E-state index contributed by atoms with van der Waals surface area (Å²) in [5.41, 5.74) is 3.14. The zero-order valence-electron chi connectivity index (χ0n) is 15.1. The minimum absolute atomic E-state index is 0.0825.